The van der Waals surface area contributed by atoms with E-state index >= 15 is 0 Å². The lowest BCUT2D eigenvalue weighted by molar-refractivity contribution is -0.142. The zero-order chi connectivity index (χ0) is 16.9. The SMILES string of the molecule is NC(=O)c1cc(Cl)cc(S(=O)(=O)N2C3CCC2C(C(=O)O)C3)c1. The first-order chi connectivity index (χ1) is 10.7. The summed E-state index contributed by atoms with van der Waals surface area (Å²) in [5.41, 5.74) is 5.19. The molecule has 3 unspecified atom stereocenters. The van der Waals surface area contributed by atoms with Gasteiger partial charge in [-0.25, -0.2) is 8.42 Å². The van der Waals surface area contributed by atoms with Crippen molar-refractivity contribution in [3.63, 3.8) is 0 Å². The zero-order valence-electron chi connectivity index (χ0n) is 12.0. The van der Waals surface area contributed by atoms with Gasteiger partial charge in [0.15, 0.2) is 0 Å². The van der Waals surface area contributed by atoms with Crippen molar-refractivity contribution < 1.29 is 23.1 Å². The first kappa shape index (κ1) is 16.2. The molecule has 1 amide bonds. The summed E-state index contributed by atoms with van der Waals surface area (Å²) in [6.07, 6.45) is 1.46. The van der Waals surface area contributed by atoms with Crippen LogP contribution in [0.15, 0.2) is 23.1 Å². The van der Waals surface area contributed by atoms with E-state index in [1.54, 1.807) is 0 Å². The topological polar surface area (TPSA) is 118 Å². The number of carboxylic acids is 1. The normalized spacial score (nSPS) is 27.3. The number of amides is 1. The van der Waals surface area contributed by atoms with Gasteiger partial charge in [-0.3, -0.25) is 9.59 Å². The highest BCUT2D eigenvalue weighted by Crippen LogP contribution is 2.45. The fourth-order valence-corrected chi connectivity index (χ4v) is 5.84. The fourth-order valence-electron chi connectivity index (χ4n) is 3.55. The Morgan fingerprint density at radius 3 is 2.52 bits per heavy atom. The molecule has 3 rings (SSSR count). The van der Waals surface area contributed by atoms with E-state index in [1.165, 1.54) is 22.5 Å². The summed E-state index contributed by atoms with van der Waals surface area (Å²) in [5.74, 6) is -2.46. The van der Waals surface area contributed by atoms with Crippen LogP contribution < -0.4 is 5.73 Å². The lowest BCUT2D eigenvalue weighted by Gasteiger charge is -2.22. The number of carboxylic acid groups (broad SMARTS) is 1. The van der Waals surface area contributed by atoms with Gasteiger partial charge >= 0.3 is 5.97 Å². The van der Waals surface area contributed by atoms with Crippen molar-refractivity contribution in [2.45, 2.75) is 36.2 Å². The lowest BCUT2D eigenvalue weighted by atomic mass is 9.89. The molecule has 0 radical (unpaired) electrons. The molecule has 2 bridgehead atoms. The maximum absolute atomic E-state index is 12.9. The van der Waals surface area contributed by atoms with E-state index in [0.29, 0.717) is 19.3 Å². The third-order valence-corrected chi connectivity index (χ3v) is 6.69. The molecule has 2 aliphatic heterocycles. The van der Waals surface area contributed by atoms with Gasteiger partial charge in [-0.05, 0) is 37.5 Å². The van der Waals surface area contributed by atoms with Crippen molar-refractivity contribution in [1.82, 2.24) is 4.31 Å². The van der Waals surface area contributed by atoms with Gasteiger partial charge in [-0.2, -0.15) is 4.31 Å². The molecule has 0 saturated carbocycles. The Morgan fingerprint density at radius 2 is 1.96 bits per heavy atom. The summed E-state index contributed by atoms with van der Waals surface area (Å²) in [7, 11) is -3.94. The Kier molecular flexibility index (Phi) is 3.86. The summed E-state index contributed by atoms with van der Waals surface area (Å²) in [6.45, 7) is 0. The van der Waals surface area contributed by atoms with Crippen LogP contribution in [0.25, 0.3) is 0 Å². The molecule has 3 atom stereocenters. The van der Waals surface area contributed by atoms with E-state index in [2.05, 4.69) is 0 Å². The molecule has 2 heterocycles. The summed E-state index contributed by atoms with van der Waals surface area (Å²) >= 11 is 5.89. The summed E-state index contributed by atoms with van der Waals surface area (Å²) < 4.78 is 27.1. The van der Waals surface area contributed by atoms with Gasteiger partial charge in [0.1, 0.15) is 0 Å². The Balaban J connectivity index is 2.03. The number of rotatable bonds is 4. The minimum Gasteiger partial charge on any atom is -0.481 e. The zero-order valence-corrected chi connectivity index (χ0v) is 13.5. The average molecular weight is 359 g/mol. The molecule has 2 aliphatic rings. The Hall–Kier alpha value is -1.64. The molecule has 7 nitrogen and oxygen atoms in total. The van der Waals surface area contributed by atoms with Crippen LogP contribution in [0, 0.1) is 5.92 Å². The second kappa shape index (κ2) is 5.47. The molecular formula is C14H15ClN2O5S. The maximum Gasteiger partial charge on any atom is 0.308 e. The number of carbonyl (C=O) groups excluding carboxylic acids is 1. The standard InChI is InChI=1S/C14H15ClN2O5S/c15-8-3-7(13(16)18)4-10(5-8)23(21,22)17-9-1-2-12(17)11(6-9)14(19)20/h3-5,9,11-12H,1-2,6H2,(H2,16,18)(H,19,20). The predicted octanol–water partition coefficient (Wildman–Crippen LogP) is 1.07. The first-order valence-corrected chi connectivity index (χ1v) is 8.90. The highest BCUT2D eigenvalue weighted by Gasteiger charge is 2.54. The van der Waals surface area contributed by atoms with Gasteiger partial charge in [0, 0.05) is 22.7 Å². The largest absolute Gasteiger partial charge is 0.481 e. The molecule has 3 N–H and O–H groups in total. The molecular weight excluding hydrogens is 344 g/mol. The van der Waals surface area contributed by atoms with Gasteiger partial charge in [-0.15, -0.1) is 0 Å². The number of nitrogens with zero attached hydrogens (tertiary/aromatic N) is 1. The summed E-state index contributed by atoms with van der Waals surface area (Å²) in [4.78, 5) is 22.5. The van der Waals surface area contributed by atoms with Gasteiger partial charge in [0.2, 0.25) is 15.9 Å². The highest BCUT2D eigenvalue weighted by atomic mass is 35.5. The monoisotopic (exact) mass is 358 g/mol. The number of halogens is 1. The van der Waals surface area contributed by atoms with Crippen LogP contribution in [-0.4, -0.2) is 41.8 Å². The number of carbonyl (C=O) groups is 2. The Labute approximate surface area is 138 Å². The van der Waals surface area contributed by atoms with Crippen LogP contribution in [0.3, 0.4) is 0 Å². The number of hydrogen-bond donors (Lipinski definition) is 2. The summed E-state index contributed by atoms with van der Waals surface area (Å²) in [6, 6.07) is 2.83. The molecule has 0 spiro atoms. The average Bonchev–Trinajstić information content (AvgIpc) is 3.04. The van der Waals surface area contributed by atoms with E-state index < -0.39 is 33.9 Å². The van der Waals surface area contributed by atoms with Crippen LogP contribution in [0.2, 0.25) is 5.02 Å². The highest BCUT2D eigenvalue weighted by molar-refractivity contribution is 7.89. The summed E-state index contributed by atoms with van der Waals surface area (Å²) in [5, 5.41) is 9.33. The molecule has 124 valence electrons. The van der Waals surface area contributed by atoms with Crippen molar-refractivity contribution in [3.05, 3.63) is 28.8 Å². The second-order valence-electron chi connectivity index (χ2n) is 5.85. The molecule has 1 aromatic rings. The van der Waals surface area contributed by atoms with Gasteiger partial charge in [0.25, 0.3) is 0 Å². The third kappa shape index (κ3) is 2.60. The van der Waals surface area contributed by atoms with Crippen molar-refractivity contribution in [1.29, 1.82) is 0 Å². The van der Waals surface area contributed by atoms with Crippen LogP contribution >= 0.6 is 11.6 Å². The Bertz CT molecular complexity index is 794. The van der Waals surface area contributed by atoms with Gasteiger partial charge in [-0.1, -0.05) is 11.6 Å². The van der Waals surface area contributed by atoms with Gasteiger partial charge in [0.05, 0.1) is 10.8 Å². The van der Waals surface area contributed by atoms with E-state index in [0.717, 1.165) is 0 Å². The van der Waals surface area contributed by atoms with Crippen LogP contribution in [-0.2, 0) is 14.8 Å². The number of fused-ring (bicyclic) bond motifs is 2. The molecule has 9 heteroatoms. The number of sulfonamides is 1. The second-order valence-corrected chi connectivity index (χ2v) is 8.13. The van der Waals surface area contributed by atoms with Crippen molar-refractivity contribution in [3.8, 4) is 0 Å². The maximum atomic E-state index is 12.9. The van der Waals surface area contributed by atoms with E-state index in [4.69, 9.17) is 17.3 Å². The molecule has 1 aromatic carbocycles. The Morgan fingerprint density at radius 1 is 1.26 bits per heavy atom. The predicted molar refractivity (Wildman–Crippen MR) is 81.5 cm³/mol. The minimum atomic E-state index is -3.94. The van der Waals surface area contributed by atoms with E-state index in [-0.39, 0.29) is 21.5 Å². The fraction of sp³-hybridized carbons (Fsp3) is 0.429. The van der Waals surface area contributed by atoms with Crippen LogP contribution in [0.1, 0.15) is 29.6 Å². The van der Waals surface area contributed by atoms with Crippen LogP contribution in [0.4, 0.5) is 0 Å². The van der Waals surface area contributed by atoms with Gasteiger partial charge < -0.3 is 10.8 Å². The molecule has 2 saturated heterocycles. The number of benzene rings is 1. The quantitative estimate of drug-likeness (QED) is 0.834. The lowest BCUT2D eigenvalue weighted by Crippen LogP contribution is -2.38. The van der Waals surface area contributed by atoms with E-state index in [1.807, 2.05) is 0 Å². The van der Waals surface area contributed by atoms with Crippen molar-refractivity contribution in [2.75, 3.05) is 0 Å². The smallest absolute Gasteiger partial charge is 0.308 e. The number of aliphatic carboxylic acids is 1. The molecule has 0 aliphatic carbocycles. The number of hydrogen-bond acceptors (Lipinski definition) is 4. The van der Waals surface area contributed by atoms with Crippen molar-refractivity contribution in [2.24, 2.45) is 11.7 Å². The molecule has 2 fully saturated rings. The van der Waals surface area contributed by atoms with Crippen molar-refractivity contribution >= 4 is 33.5 Å². The minimum absolute atomic E-state index is 0.00240. The number of primary amides is 1. The number of nitrogens with two attached hydrogens (primary N) is 1. The molecule has 0 aromatic heterocycles. The van der Waals surface area contributed by atoms with E-state index in [9.17, 15) is 23.1 Å². The molecule has 23 heavy (non-hydrogen) atoms. The third-order valence-electron chi connectivity index (χ3n) is 4.52. The first-order valence-electron chi connectivity index (χ1n) is 7.08. The van der Waals surface area contributed by atoms with Crippen LogP contribution in [0.5, 0.6) is 0 Å².